The van der Waals surface area contributed by atoms with Gasteiger partial charge in [0.2, 0.25) is 0 Å². The average molecular weight is 285 g/mol. The van der Waals surface area contributed by atoms with Gasteiger partial charge < -0.3 is 5.11 Å². The van der Waals surface area contributed by atoms with Gasteiger partial charge in [0.1, 0.15) is 0 Å². The highest BCUT2D eigenvalue weighted by molar-refractivity contribution is 5.87. The molecule has 1 aliphatic heterocycles. The van der Waals surface area contributed by atoms with Crippen molar-refractivity contribution in [1.82, 2.24) is 14.7 Å². The van der Waals surface area contributed by atoms with Crippen LogP contribution in [-0.4, -0.2) is 32.3 Å². The zero-order chi connectivity index (χ0) is 14.8. The quantitative estimate of drug-likeness (QED) is 0.935. The van der Waals surface area contributed by atoms with E-state index in [-0.39, 0.29) is 0 Å². The number of rotatable bonds is 4. The molecule has 3 rings (SSSR count). The predicted octanol–water partition coefficient (Wildman–Crippen LogP) is 2.16. The molecule has 0 amide bonds. The van der Waals surface area contributed by atoms with E-state index in [1.54, 1.807) is 12.1 Å². The number of aryl methyl sites for hydroxylation is 1. The molecule has 110 valence electrons. The van der Waals surface area contributed by atoms with Gasteiger partial charge in [-0.15, -0.1) is 0 Å². The Morgan fingerprint density at radius 3 is 2.95 bits per heavy atom. The molecule has 0 unspecified atom stereocenters. The molecule has 1 aromatic heterocycles. The minimum Gasteiger partial charge on any atom is -0.478 e. The first-order chi connectivity index (χ1) is 10.2. The highest BCUT2D eigenvalue weighted by Gasteiger charge is 2.18. The third-order valence-corrected chi connectivity index (χ3v) is 3.96. The van der Waals surface area contributed by atoms with Crippen molar-refractivity contribution in [2.45, 2.75) is 33.0 Å². The zero-order valence-electron chi connectivity index (χ0n) is 12.1. The number of nitrogens with zero attached hydrogens (tertiary/aromatic N) is 3. The summed E-state index contributed by atoms with van der Waals surface area (Å²) in [4.78, 5) is 13.4. The highest BCUT2D eigenvalue weighted by Crippen LogP contribution is 2.22. The summed E-state index contributed by atoms with van der Waals surface area (Å²) < 4.78 is 1.93. The van der Waals surface area contributed by atoms with Crippen molar-refractivity contribution >= 4 is 5.97 Å². The standard InChI is InChI=1S/C16H19N3O2/c1-2-19-10-12(8-17-19)9-18-6-5-13-3-4-14(16(20)21)7-15(13)11-18/h3-4,7-8,10H,2,5-6,9,11H2,1H3,(H,20,21). The molecule has 1 aromatic carbocycles. The van der Waals surface area contributed by atoms with Gasteiger partial charge in [0.15, 0.2) is 0 Å². The van der Waals surface area contributed by atoms with Crippen LogP contribution < -0.4 is 0 Å². The smallest absolute Gasteiger partial charge is 0.335 e. The number of carboxylic acid groups (broad SMARTS) is 1. The van der Waals surface area contributed by atoms with Gasteiger partial charge in [-0.1, -0.05) is 6.07 Å². The van der Waals surface area contributed by atoms with E-state index < -0.39 is 5.97 Å². The van der Waals surface area contributed by atoms with E-state index in [2.05, 4.69) is 23.1 Å². The summed E-state index contributed by atoms with van der Waals surface area (Å²) in [5.41, 5.74) is 3.97. The SMILES string of the molecule is CCn1cc(CN2CCc3ccc(C(=O)O)cc3C2)cn1. The van der Waals surface area contributed by atoms with Crippen LogP contribution in [0.5, 0.6) is 0 Å². The summed E-state index contributed by atoms with van der Waals surface area (Å²) in [7, 11) is 0. The van der Waals surface area contributed by atoms with Crippen LogP contribution in [-0.2, 0) is 26.1 Å². The second-order valence-corrected chi connectivity index (χ2v) is 5.45. The van der Waals surface area contributed by atoms with Crippen LogP contribution in [0.2, 0.25) is 0 Å². The topological polar surface area (TPSA) is 58.4 Å². The number of benzene rings is 1. The first kappa shape index (κ1) is 13.8. The zero-order valence-corrected chi connectivity index (χ0v) is 12.1. The van der Waals surface area contributed by atoms with Crippen molar-refractivity contribution in [2.75, 3.05) is 6.54 Å². The van der Waals surface area contributed by atoms with Crippen LogP contribution in [0.15, 0.2) is 30.6 Å². The van der Waals surface area contributed by atoms with Gasteiger partial charge in [0.25, 0.3) is 0 Å². The van der Waals surface area contributed by atoms with Gasteiger partial charge in [-0.2, -0.15) is 5.10 Å². The fourth-order valence-corrected chi connectivity index (χ4v) is 2.80. The van der Waals surface area contributed by atoms with E-state index in [0.717, 1.165) is 38.2 Å². The van der Waals surface area contributed by atoms with E-state index in [4.69, 9.17) is 5.11 Å². The largest absolute Gasteiger partial charge is 0.478 e. The molecule has 1 N–H and O–H groups in total. The van der Waals surface area contributed by atoms with E-state index in [1.165, 1.54) is 11.1 Å². The molecule has 0 radical (unpaired) electrons. The molecule has 0 saturated carbocycles. The van der Waals surface area contributed by atoms with Crippen LogP contribution in [0.3, 0.4) is 0 Å². The number of hydrogen-bond donors (Lipinski definition) is 1. The van der Waals surface area contributed by atoms with Crippen molar-refractivity contribution in [2.24, 2.45) is 0 Å². The fourth-order valence-electron chi connectivity index (χ4n) is 2.80. The van der Waals surface area contributed by atoms with E-state index >= 15 is 0 Å². The number of fused-ring (bicyclic) bond motifs is 1. The molecular formula is C16H19N3O2. The normalized spacial score (nSPS) is 14.9. The van der Waals surface area contributed by atoms with Gasteiger partial charge in [-0.3, -0.25) is 9.58 Å². The third-order valence-electron chi connectivity index (χ3n) is 3.96. The number of aromatic nitrogens is 2. The maximum atomic E-state index is 11.1. The Kier molecular flexibility index (Phi) is 3.75. The summed E-state index contributed by atoms with van der Waals surface area (Å²) >= 11 is 0. The Balaban J connectivity index is 1.73. The Hall–Kier alpha value is -2.14. The first-order valence-electron chi connectivity index (χ1n) is 7.24. The van der Waals surface area contributed by atoms with Crippen molar-refractivity contribution in [3.63, 3.8) is 0 Å². The second kappa shape index (κ2) is 5.69. The Morgan fingerprint density at radius 1 is 1.38 bits per heavy atom. The van der Waals surface area contributed by atoms with Gasteiger partial charge in [-0.05, 0) is 36.6 Å². The Morgan fingerprint density at radius 2 is 2.24 bits per heavy atom. The lowest BCUT2D eigenvalue weighted by molar-refractivity contribution is 0.0696. The summed E-state index contributed by atoms with van der Waals surface area (Å²) in [6.07, 6.45) is 4.95. The number of aromatic carboxylic acids is 1. The maximum Gasteiger partial charge on any atom is 0.335 e. The molecule has 1 aliphatic rings. The number of carbonyl (C=O) groups is 1. The van der Waals surface area contributed by atoms with Gasteiger partial charge in [-0.25, -0.2) is 4.79 Å². The van der Waals surface area contributed by atoms with Crippen LogP contribution in [0, 0.1) is 0 Å². The first-order valence-corrected chi connectivity index (χ1v) is 7.24. The lowest BCUT2D eigenvalue weighted by atomic mass is 9.97. The third kappa shape index (κ3) is 2.97. The maximum absolute atomic E-state index is 11.1. The van der Waals surface area contributed by atoms with E-state index in [0.29, 0.717) is 5.56 Å². The van der Waals surface area contributed by atoms with Gasteiger partial charge >= 0.3 is 5.97 Å². The summed E-state index contributed by atoms with van der Waals surface area (Å²) in [5.74, 6) is -0.862. The molecular weight excluding hydrogens is 266 g/mol. The molecule has 0 atom stereocenters. The van der Waals surface area contributed by atoms with Crippen molar-refractivity contribution in [1.29, 1.82) is 0 Å². The lowest BCUT2D eigenvalue weighted by Gasteiger charge is -2.28. The molecule has 5 nitrogen and oxygen atoms in total. The molecule has 0 saturated heterocycles. The van der Waals surface area contributed by atoms with E-state index in [9.17, 15) is 4.79 Å². The minimum absolute atomic E-state index is 0.370. The summed E-state index contributed by atoms with van der Waals surface area (Å²) in [5, 5.41) is 13.4. The average Bonchev–Trinajstić information content (AvgIpc) is 2.94. The molecule has 5 heteroatoms. The van der Waals surface area contributed by atoms with Crippen LogP contribution in [0.4, 0.5) is 0 Å². The van der Waals surface area contributed by atoms with Crippen LogP contribution in [0.25, 0.3) is 0 Å². The number of hydrogen-bond acceptors (Lipinski definition) is 3. The Labute approximate surface area is 123 Å². The van der Waals surface area contributed by atoms with Crippen molar-refractivity contribution in [3.8, 4) is 0 Å². The van der Waals surface area contributed by atoms with Crippen LogP contribution >= 0.6 is 0 Å². The molecule has 21 heavy (non-hydrogen) atoms. The summed E-state index contributed by atoms with van der Waals surface area (Å²) in [6, 6.07) is 5.45. The molecule has 0 fully saturated rings. The van der Waals surface area contributed by atoms with Crippen molar-refractivity contribution < 1.29 is 9.90 Å². The second-order valence-electron chi connectivity index (χ2n) is 5.45. The molecule has 2 aromatic rings. The van der Waals surface area contributed by atoms with Gasteiger partial charge in [0, 0.05) is 37.9 Å². The minimum atomic E-state index is -0.862. The highest BCUT2D eigenvalue weighted by atomic mass is 16.4. The Bertz CT molecular complexity index is 663. The number of carboxylic acids is 1. The van der Waals surface area contributed by atoms with E-state index in [1.807, 2.05) is 16.9 Å². The molecule has 2 heterocycles. The lowest BCUT2D eigenvalue weighted by Crippen LogP contribution is -2.30. The van der Waals surface area contributed by atoms with Crippen molar-refractivity contribution in [3.05, 3.63) is 52.8 Å². The molecule has 0 spiro atoms. The van der Waals surface area contributed by atoms with Crippen LogP contribution in [0.1, 0.15) is 34.0 Å². The molecule has 0 aliphatic carbocycles. The fraction of sp³-hybridized carbons (Fsp3) is 0.375. The summed E-state index contributed by atoms with van der Waals surface area (Å²) in [6.45, 7) is 5.60. The molecule has 0 bridgehead atoms. The predicted molar refractivity (Wildman–Crippen MR) is 79.1 cm³/mol. The monoisotopic (exact) mass is 285 g/mol. The van der Waals surface area contributed by atoms with Gasteiger partial charge in [0.05, 0.1) is 11.8 Å².